The number of halogens is 4. The van der Waals surface area contributed by atoms with E-state index in [1.54, 1.807) is 6.07 Å². The summed E-state index contributed by atoms with van der Waals surface area (Å²) < 4.78 is 53.6. The molecule has 29 heavy (non-hydrogen) atoms. The number of rotatable bonds is 6. The highest BCUT2D eigenvalue weighted by Crippen LogP contribution is 2.26. The highest BCUT2D eigenvalue weighted by Gasteiger charge is 2.31. The van der Waals surface area contributed by atoms with Crippen LogP contribution in [-0.4, -0.2) is 22.2 Å². The van der Waals surface area contributed by atoms with Crippen LogP contribution in [0.3, 0.4) is 0 Å². The summed E-state index contributed by atoms with van der Waals surface area (Å²) >= 11 is 1.19. The molecule has 0 aliphatic heterocycles. The molecule has 0 spiro atoms. The number of nitrogens with one attached hydrogen (secondary N) is 1. The van der Waals surface area contributed by atoms with E-state index in [2.05, 4.69) is 20.0 Å². The second-order valence-corrected chi connectivity index (χ2v) is 6.64. The third kappa shape index (κ3) is 6.46. The summed E-state index contributed by atoms with van der Waals surface area (Å²) in [5.74, 6) is -0.853. The Hall–Kier alpha value is -3.14. The van der Waals surface area contributed by atoms with Gasteiger partial charge < -0.3 is 10.1 Å². The maximum atomic E-state index is 12.9. The summed E-state index contributed by atoms with van der Waals surface area (Å²) in [6.07, 6.45) is -2.09. The average molecular weight is 423 g/mol. The normalized spacial score (nSPS) is 11.2. The van der Waals surface area contributed by atoms with Crippen LogP contribution in [0.25, 0.3) is 0 Å². The van der Waals surface area contributed by atoms with E-state index in [0.29, 0.717) is 22.2 Å². The van der Waals surface area contributed by atoms with Crippen LogP contribution < -0.4 is 10.1 Å². The second-order valence-electron chi connectivity index (χ2n) is 5.70. The van der Waals surface area contributed by atoms with Crippen LogP contribution >= 0.6 is 11.8 Å². The third-order valence-corrected chi connectivity index (χ3v) is 4.44. The molecule has 1 heterocycles. The first-order valence-electron chi connectivity index (χ1n) is 8.15. The summed E-state index contributed by atoms with van der Waals surface area (Å²) in [5.41, 5.74) is 1.23. The first-order valence-corrected chi connectivity index (χ1v) is 9.13. The number of nitrogens with zero attached hydrogens (tertiary/aromatic N) is 2. The fourth-order valence-electron chi connectivity index (χ4n) is 2.22. The molecular formula is C19H13F4N3O2S. The van der Waals surface area contributed by atoms with E-state index in [0.717, 1.165) is 0 Å². The number of hydrogen-bond acceptors (Lipinski definition) is 5. The second kappa shape index (κ2) is 8.91. The molecule has 150 valence electrons. The first-order chi connectivity index (χ1) is 13.8. The van der Waals surface area contributed by atoms with Crippen molar-refractivity contribution in [2.24, 2.45) is 0 Å². The number of anilines is 1. The van der Waals surface area contributed by atoms with Gasteiger partial charge in [-0.2, -0.15) is 0 Å². The van der Waals surface area contributed by atoms with Crippen LogP contribution in [0.1, 0.15) is 15.9 Å². The fourth-order valence-corrected chi connectivity index (χ4v) is 2.95. The molecule has 1 aromatic heterocycles. The molecule has 0 aliphatic carbocycles. The van der Waals surface area contributed by atoms with Crippen molar-refractivity contribution in [2.75, 3.05) is 5.32 Å². The first kappa shape index (κ1) is 20.6. The van der Waals surface area contributed by atoms with Crippen molar-refractivity contribution >= 4 is 23.4 Å². The van der Waals surface area contributed by atoms with Crippen molar-refractivity contribution < 1.29 is 27.1 Å². The SMILES string of the molecule is O=C(Nc1ccc(F)cc1)c1cnc(SCc2cccc(OC(F)(F)F)c2)nc1. The molecule has 0 fully saturated rings. The summed E-state index contributed by atoms with van der Waals surface area (Å²) in [4.78, 5) is 20.3. The van der Waals surface area contributed by atoms with E-state index in [1.807, 2.05) is 0 Å². The number of benzene rings is 2. The van der Waals surface area contributed by atoms with Crippen LogP contribution in [0.5, 0.6) is 5.75 Å². The predicted octanol–water partition coefficient (Wildman–Crippen LogP) is 5.06. The molecule has 3 aromatic rings. The highest BCUT2D eigenvalue weighted by atomic mass is 32.2. The maximum Gasteiger partial charge on any atom is 0.573 e. The molecule has 0 saturated carbocycles. The van der Waals surface area contributed by atoms with Gasteiger partial charge in [-0.15, -0.1) is 13.2 Å². The summed E-state index contributed by atoms with van der Waals surface area (Å²) in [6.45, 7) is 0. The summed E-state index contributed by atoms with van der Waals surface area (Å²) in [5, 5.41) is 2.94. The van der Waals surface area contributed by atoms with Gasteiger partial charge in [-0.25, -0.2) is 14.4 Å². The van der Waals surface area contributed by atoms with Crippen LogP contribution in [0.15, 0.2) is 66.1 Å². The van der Waals surface area contributed by atoms with Crippen LogP contribution in [-0.2, 0) is 5.75 Å². The molecule has 3 rings (SSSR count). The average Bonchev–Trinajstić information content (AvgIpc) is 2.67. The third-order valence-electron chi connectivity index (χ3n) is 3.49. The molecule has 10 heteroatoms. The summed E-state index contributed by atoms with van der Waals surface area (Å²) in [6, 6.07) is 10.9. The Morgan fingerprint density at radius 3 is 2.41 bits per heavy atom. The number of alkyl halides is 3. The molecule has 2 aromatic carbocycles. The molecule has 0 unspecified atom stereocenters. The van der Waals surface area contributed by atoms with Crippen LogP contribution in [0, 0.1) is 5.82 Å². The van der Waals surface area contributed by atoms with Gasteiger partial charge in [0.15, 0.2) is 5.16 Å². The van der Waals surface area contributed by atoms with Gasteiger partial charge in [0, 0.05) is 23.8 Å². The largest absolute Gasteiger partial charge is 0.573 e. The topological polar surface area (TPSA) is 64.1 Å². The van der Waals surface area contributed by atoms with Crippen LogP contribution in [0.2, 0.25) is 0 Å². The predicted molar refractivity (Wildman–Crippen MR) is 99.1 cm³/mol. The van der Waals surface area contributed by atoms with Crippen molar-refractivity contribution in [3.8, 4) is 5.75 Å². The van der Waals surface area contributed by atoms with E-state index in [1.165, 1.54) is 66.6 Å². The number of amides is 1. The quantitative estimate of drug-likeness (QED) is 0.341. The van der Waals surface area contributed by atoms with Gasteiger partial charge in [0.25, 0.3) is 5.91 Å². The Balaban J connectivity index is 1.57. The number of carbonyl (C=O) groups excluding carboxylic acids is 1. The van der Waals surface area contributed by atoms with Crippen molar-refractivity contribution in [1.29, 1.82) is 0 Å². The van der Waals surface area contributed by atoms with Gasteiger partial charge >= 0.3 is 6.36 Å². The Morgan fingerprint density at radius 2 is 1.76 bits per heavy atom. The number of carbonyl (C=O) groups is 1. The number of aromatic nitrogens is 2. The van der Waals surface area contributed by atoms with Crippen molar-refractivity contribution in [3.05, 3.63) is 77.9 Å². The molecule has 0 aliphatic rings. The number of hydrogen-bond donors (Lipinski definition) is 1. The lowest BCUT2D eigenvalue weighted by atomic mass is 10.2. The van der Waals surface area contributed by atoms with Gasteiger partial charge in [-0.3, -0.25) is 4.79 Å². The van der Waals surface area contributed by atoms with E-state index >= 15 is 0 Å². The van der Waals surface area contributed by atoms with Crippen LogP contribution in [0.4, 0.5) is 23.2 Å². The van der Waals surface area contributed by atoms with Gasteiger partial charge in [-0.1, -0.05) is 23.9 Å². The number of thioether (sulfide) groups is 1. The monoisotopic (exact) mass is 423 g/mol. The zero-order valence-electron chi connectivity index (χ0n) is 14.6. The van der Waals surface area contributed by atoms with E-state index in [4.69, 9.17) is 0 Å². The minimum absolute atomic E-state index is 0.208. The van der Waals surface area contributed by atoms with Gasteiger partial charge in [0.2, 0.25) is 0 Å². The highest BCUT2D eigenvalue weighted by molar-refractivity contribution is 7.98. The van der Waals surface area contributed by atoms with Gasteiger partial charge in [0.05, 0.1) is 5.56 Å². The minimum Gasteiger partial charge on any atom is -0.406 e. The van der Waals surface area contributed by atoms with Gasteiger partial charge in [0.1, 0.15) is 11.6 Å². The van der Waals surface area contributed by atoms with Crippen molar-refractivity contribution in [2.45, 2.75) is 17.3 Å². The summed E-state index contributed by atoms with van der Waals surface area (Å²) in [7, 11) is 0. The Kier molecular flexibility index (Phi) is 6.32. The molecular weight excluding hydrogens is 410 g/mol. The fraction of sp³-hybridized carbons (Fsp3) is 0.105. The van der Waals surface area contributed by atoms with E-state index in [9.17, 15) is 22.4 Å². The Labute approximate surface area is 167 Å². The zero-order valence-corrected chi connectivity index (χ0v) is 15.4. The standard InChI is InChI=1S/C19H13F4N3O2S/c20-14-4-6-15(7-5-14)26-17(27)13-9-24-18(25-10-13)29-11-12-2-1-3-16(8-12)28-19(21,22)23/h1-10H,11H2,(H,26,27). The lowest BCUT2D eigenvalue weighted by Gasteiger charge is -2.09. The molecule has 0 radical (unpaired) electrons. The smallest absolute Gasteiger partial charge is 0.406 e. The molecule has 0 atom stereocenters. The molecule has 1 amide bonds. The lowest BCUT2D eigenvalue weighted by molar-refractivity contribution is -0.274. The molecule has 5 nitrogen and oxygen atoms in total. The van der Waals surface area contributed by atoms with E-state index < -0.39 is 18.1 Å². The zero-order chi connectivity index (χ0) is 20.9. The minimum atomic E-state index is -4.75. The molecule has 1 N–H and O–H groups in total. The maximum absolute atomic E-state index is 12.9. The Bertz CT molecular complexity index is 980. The van der Waals surface area contributed by atoms with Crippen molar-refractivity contribution in [1.82, 2.24) is 9.97 Å². The van der Waals surface area contributed by atoms with Gasteiger partial charge in [-0.05, 0) is 42.0 Å². The Morgan fingerprint density at radius 1 is 1.07 bits per heavy atom. The molecule has 0 bridgehead atoms. The van der Waals surface area contributed by atoms with E-state index in [-0.39, 0.29) is 11.3 Å². The van der Waals surface area contributed by atoms with Crippen molar-refractivity contribution in [3.63, 3.8) is 0 Å². The lowest BCUT2D eigenvalue weighted by Crippen LogP contribution is -2.17. The number of ether oxygens (including phenoxy) is 1. The molecule has 0 saturated heterocycles.